The van der Waals surface area contributed by atoms with Crippen molar-refractivity contribution < 1.29 is 14.3 Å². The lowest BCUT2D eigenvalue weighted by atomic mass is 9.76. The van der Waals surface area contributed by atoms with Crippen LogP contribution in [0.1, 0.15) is 45.7 Å². The van der Waals surface area contributed by atoms with Crippen molar-refractivity contribution in [3.05, 3.63) is 68.6 Å². The number of thiazole rings is 1. The maximum atomic E-state index is 13.3. The number of hydrogen-bond donors (Lipinski definition) is 0. The number of ether oxygens (including phenoxy) is 2. The summed E-state index contributed by atoms with van der Waals surface area (Å²) in [5, 5.41) is 3.40. The van der Waals surface area contributed by atoms with Crippen LogP contribution in [0, 0.1) is 11.8 Å². The van der Waals surface area contributed by atoms with Gasteiger partial charge in [-0.1, -0.05) is 29.3 Å². The second kappa shape index (κ2) is 13.0. The Morgan fingerprint density at radius 2 is 2.05 bits per heavy atom. The molecule has 1 aliphatic rings. The van der Waals surface area contributed by atoms with Crippen molar-refractivity contribution in [1.82, 2.24) is 9.55 Å². The maximum Gasteiger partial charge on any atom is 0.309 e. The number of carbonyl (C=O) groups excluding carboxylic acids is 1. The molecule has 0 radical (unpaired) electrons. The van der Waals surface area contributed by atoms with Gasteiger partial charge in [0.2, 0.25) is 0 Å². The highest BCUT2D eigenvalue weighted by atomic mass is 35.5. The zero-order valence-corrected chi connectivity index (χ0v) is 25.2. The predicted molar refractivity (Wildman–Crippen MR) is 155 cm³/mol. The minimum atomic E-state index is -0.540. The molecule has 0 saturated heterocycles. The number of rotatable bonds is 8. The highest BCUT2D eigenvalue weighted by Gasteiger charge is 2.38. The van der Waals surface area contributed by atoms with Gasteiger partial charge in [0.25, 0.3) is 0 Å². The third-order valence-electron chi connectivity index (χ3n) is 6.32. The Labute approximate surface area is 242 Å². The van der Waals surface area contributed by atoms with Crippen molar-refractivity contribution in [3.8, 4) is 0 Å². The van der Waals surface area contributed by atoms with Gasteiger partial charge in [0, 0.05) is 35.0 Å². The van der Waals surface area contributed by atoms with Gasteiger partial charge in [-0.15, -0.1) is 23.1 Å². The van der Waals surface area contributed by atoms with Gasteiger partial charge in [0.1, 0.15) is 12.3 Å². The van der Waals surface area contributed by atoms with Crippen molar-refractivity contribution in [1.29, 1.82) is 0 Å². The highest BCUT2D eigenvalue weighted by molar-refractivity contribution is 8.00. The molecule has 1 unspecified atom stereocenters. The molecule has 3 aromatic rings. The summed E-state index contributed by atoms with van der Waals surface area (Å²) in [4.78, 5) is 24.7. The monoisotopic (exact) mass is 593 g/mol. The van der Waals surface area contributed by atoms with Gasteiger partial charge in [-0.3, -0.25) is 14.3 Å². The molecule has 38 heavy (non-hydrogen) atoms. The molecule has 1 aliphatic carbocycles. The van der Waals surface area contributed by atoms with E-state index in [4.69, 9.17) is 42.7 Å². The molecule has 2 aromatic heterocycles. The van der Waals surface area contributed by atoms with E-state index in [1.165, 1.54) is 0 Å². The minimum Gasteiger partial charge on any atom is -0.460 e. The highest BCUT2D eigenvalue weighted by Crippen LogP contribution is 2.44. The van der Waals surface area contributed by atoms with Crippen LogP contribution in [0.15, 0.2) is 58.0 Å². The van der Waals surface area contributed by atoms with Crippen LogP contribution in [-0.2, 0) is 27.4 Å². The number of carbonyl (C=O) groups is 1. The molecule has 0 amide bonds. The van der Waals surface area contributed by atoms with E-state index in [0.29, 0.717) is 28.4 Å². The molecule has 0 bridgehead atoms. The maximum absolute atomic E-state index is 13.3. The molecule has 10 heteroatoms. The van der Waals surface area contributed by atoms with Crippen LogP contribution in [-0.4, -0.2) is 33.5 Å². The molecule has 0 spiro atoms. The first-order valence-electron chi connectivity index (χ1n) is 12.6. The third-order valence-corrected chi connectivity index (χ3v) is 9.40. The molecule has 6 nitrogen and oxygen atoms in total. The van der Waals surface area contributed by atoms with E-state index in [9.17, 15) is 4.79 Å². The van der Waals surface area contributed by atoms with E-state index in [-0.39, 0.29) is 17.8 Å². The minimum absolute atomic E-state index is 0.0485. The van der Waals surface area contributed by atoms with Gasteiger partial charge >= 0.3 is 5.97 Å². The molecule has 1 saturated carbocycles. The van der Waals surface area contributed by atoms with Gasteiger partial charge in [-0.2, -0.15) is 0 Å². The zero-order valence-electron chi connectivity index (χ0n) is 22.0. The van der Waals surface area contributed by atoms with E-state index >= 15 is 0 Å². The van der Waals surface area contributed by atoms with Crippen LogP contribution in [0.2, 0.25) is 10.0 Å². The number of thioether (sulfide) groups is 1. The van der Waals surface area contributed by atoms with Gasteiger partial charge < -0.3 is 9.47 Å². The fourth-order valence-electron chi connectivity index (χ4n) is 4.66. The van der Waals surface area contributed by atoms with Crippen LogP contribution in [0.5, 0.6) is 0 Å². The van der Waals surface area contributed by atoms with Crippen LogP contribution in [0.4, 0.5) is 5.69 Å². The quantitative estimate of drug-likeness (QED) is 0.252. The summed E-state index contributed by atoms with van der Waals surface area (Å²) in [5.41, 5.74) is 1.13. The number of nitrogens with zero attached hydrogens (tertiary/aromatic N) is 3. The van der Waals surface area contributed by atoms with Crippen LogP contribution >= 0.6 is 46.3 Å². The summed E-state index contributed by atoms with van der Waals surface area (Å²) in [6.07, 6.45) is 6.82. The number of methoxy groups -OCH3 is 1. The van der Waals surface area contributed by atoms with Gasteiger partial charge in [-0.05, 0) is 76.6 Å². The Morgan fingerprint density at radius 1 is 1.24 bits per heavy atom. The Balaban J connectivity index is 1.62. The standard InChI is InChI=1S/C28H33Cl2N3O3S2/c1-28(2,3)36-26(34)20-11-10-19(38-24-9-5-7-21(29)25(24)30)15-18(20)16-23-22(8-6-12-31-23)32-27-33(17-35-4)13-14-37-27/h5-9,12-14,18-20H,10-11,15-17H2,1-4H3/b32-27-/t18?,19-,20-/m0/s1. The Hall–Kier alpha value is -1.84. The Bertz CT molecular complexity index is 1320. The molecular formula is C28H33Cl2N3O3S2. The molecular weight excluding hydrogens is 561 g/mol. The lowest BCUT2D eigenvalue weighted by Gasteiger charge is -2.36. The van der Waals surface area contributed by atoms with E-state index in [0.717, 1.165) is 40.3 Å². The second-order valence-electron chi connectivity index (χ2n) is 10.4. The molecule has 0 aliphatic heterocycles. The molecule has 4 rings (SSSR count). The number of pyridine rings is 1. The lowest BCUT2D eigenvalue weighted by Crippen LogP contribution is -2.37. The summed E-state index contributed by atoms with van der Waals surface area (Å²) in [6.45, 7) is 6.16. The molecule has 204 valence electrons. The number of hydrogen-bond acceptors (Lipinski definition) is 7. The third kappa shape index (κ3) is 7.63. The number of benzene rings is 1. The van der Waals surface area contributed by atoms with Gasteiger partial charge in [0.15, 0.2) is 4.80 Å². The van der Waals surface area contributed by atoms with Crippen molar-refractivity contribution in [2.75, 3.05) is 7.11 Å². The van der Waals surface area contributed by atoms with E-state index < -0.39 is 5.60 Å². The smallest absolute Gasteiger partial charge is 0.309 e. The molecule has 2 heterocycles. The fraction of sp³-hybridized carbons (Fsp3) is 0.464. The normalized spacial score (nSPS) is 20.5. The van der Waals surface area contributed by atoms with E-state index in [2.05, 4.69) is 0 Å². The van der Waals surface area contributed by atoms with Crippen LogP contribution in [0.3, 0.4) is 0 Å². The van der Waals surface area contributed by atoms with Gasteiger partial charge in [-0.25, -0.2) is 4.99 Å². The van der Waals surface area contributed by atoms with Crippen molar-refractivity contribution in [3.63, 3.8) is 0 Å². The summed E-state index contributed by atoms with van der Waals surface area (Å²) in [5.74, 6) is -0.305. The molecule has 1 aromatic carbocycles. The first-order valence-corrected chi connectivity index (χ1v) is 15.1. The predicted octanol–water partition coefficient (Wildman–Crippen LogP) is 7.55. The Kier molecular flexibility index (Phi) is 9.98. The average molecular weight is 595 g/mol. The largest absolute Gasteiger partial charge is 0.460 e. The average Bonchev–Trinajstić information content (AvgIpc) is 3.29. The zero-order chi connectivity index (χ0) is 27.3. The topological polar surface area (TPSA) is 65.7 Å². The van der Waals surface area contributed by atoms with Crippen molar-refractivity contribution in [2.24, 2.45) is 16.8 Å². The van der Waals surface area contributed by atoms with Crippen LogP contribution in [0.25, 0.3) is 0 Å². The van der Waals surface area contributed by atoms with Gasteiger partial charge in [0.05, 0.1) is 27.3 Å². The van der Waals surface area contributed by atoms with Crippen molar-refractivity contribution >= 4 is 58.0 Å². The molecule has 0 N–H and O–H groups in total. The van der Waals surface area contributed by atoms with Crippen molar-refractivity contribution in [2.45, 2.75) is 68.9 Å². The summed E-state index contributed by atoms with van der Waals surface area (Å²) in [6, 6.07) is 9.58. The van der Waals surface area contributed by atoms with E-state index in [1.54, 1.807) is 42.5 Å². The first-order chi connectivity index (χ1) is 18.1. The summed E-state index contributed by atoms with van der Waals surface area (Å²) < 4.78 is 13.1. The summed E-state index contributed by atoms with van der Waals surface area (Å²) in [7, 11) is 1.66. The number of esters is 1. The Morgan fingerprint density at radius 3 is 2.82 bits per heavy atom. The SMILES string of the molecule is COCn1ccs/c1=N\c1cccnc1CC1C[C@@H](Sc2cccc(Cl)c2Cl)CC[C@@H]1C(=O)OC(C)(C)C. The van der Waals surface area contributed by atoms with E-state index in [1.807, 2.05) is 61.2 Å². The molecule has 1 fully saturated rings. The fourth-order valence-corrected chi connectivity index (χ4v) is 7.21. The number of halogens is 2. The first kappa shape index (κ1) is 29.2. The van der Waals surface area contributed by atoms with Crippen LogP contribution < -0.4 is 4.80 Å². The lowest BCUT2D eigenvalue weighted by molar-refractivity contribution is -0.163. The second-order valence-corrected chi connectivity index (χ2v) is 13.4. The summed E-state index contributed by atoms with van der Waals surface area (Å²) >= 11 is 16.0. The number of aromatic nitrogens is 2. The molecule has 3 atom stereocenters.